The van der Waals surface area contributed by atoms with E-state index in [0.29, 0.717) is 17.9 Å². The third-order valence-corrected chi connectivity index (χ3v) is 5.07. The molecule has 2 aliphatic rings. The quantitative estimate of drug-likeness (QED) is 0.790. The van der Waals surface area contributed by atoms with E-state index in [9.17, 15) is 4.79 Å². The van der Waals surface area contributed by atoms with E-state index in [4.69, 9.17) is 5.73 Å². The van der Waals surface area contributed by atoms with Crippen molar-refractivity contribution >= 4 is 5.91 Å². The summed E-state index contributed by atoms with van der Waals surface area (Å²) in [6.45, 7) is 6.53. The van der Waals surface area contributed by atoms with Gasteiger partial charge in [0.2, 0.25) is 5.91 Å². The molecule has 1 aliphatic heterocycles. The Morgan fingerprint density at radius 3 is 2.63 bits per heavy atom. The fourth-order valence-electron chi connectivity index (χ4n) is 3.61. The third kappa shape index (κ3) is 3.48. The van der Waals surface area contributed by atoms with Gasteiger partial charge in [0.25, 0.3) is 0 Å². The van der Waals surface area contributed by atoms with Crippen LogP contribution in [0.2, 0.25) is 0 Å². The molecule has 5 atom stereocenters. The lowest BCUT2D eigenvalue weighted by Crippen LogP contribution is -2.54. The highest BCUT2D eigenvalue weighted by Gasteiger charge is 2.35. The number of nitrogens with zero attached hydrogens (tertiary/aromatic N) is 1. The molecule has 110 valence electrons. The first-order valence-corrected chi connectivity index (χ1v) is 7.73. The summed E-state index contributed by atoms with van der Waals surface area (Å²) in [6.07, 6.45) is 4.31. The first kappa shape index (κ1) is 14.8. The summed E-state index contributed by atoms with van der Waals surface area (Å²) in [4.78, 5) is 14.8. The highest BCUT2D eigenvalue weighted by molar-refractivity contribution is 5.79. The number of nitrogens with one attached hydrogen (secondary N) is 1. The topological polar surface area (TPSA) is 58.4 Å². The second-order valence-electron chi connectivity index (χ2n) is 6.74. The van der Waals surface area contributed by atoms with E-state index in [1.165, 1.54) is 0 Å². The van der Waals surface area contributed by atoms with Crippen LogP contribution in [0.5, 0.6) is 0 Å². The Hall–Kier alpha value is -0.610. The summed E-state index contributed by atoms with van der Waals surface area (Å²) in [5.74, 6) is 1.22. The van der Waals surface area contributed by atoms with Gasteiger partial charge < -0.3 is 16.0 Å². The molecule has 2 rings (SSSR count). The van der Waals surface area contributed by atoms with Crippen LogP contribution in [0.25, 0.3) is 0 Å². The zero-order valence-corrected chi connectivity index (χ0v) is 12.6. The molecule has 1 amide bonds. The second kappa shape index (κ2) is 6.23. The van der Waals surface area contributed by atoms with Gasteiger partial charge in [-0.2, -0.15) is 0 Å². The Morgan fingerprint density at radius 1 is 1.21 bits per heavy atom. The molecule has 1 saturated heterocycles. The van der Waals surface area contributed by atoms with E-state index in [1.54, 1.807) is 0 Å². The fourth-order valence-corrected chi connectivity index (χ4v) is 3.61. The van der Waals surface area contributed by atoms with Gasteiger partial charge in [-0.05, 0) is 44.7 Å². The smallest absolute Gasteiger partial charge is 0.224 e. The SMILES string of the molecule is CC1CN(C)CCC1NC(=O)C1CCCC(C)C1N. The highest BCUT2D eigenvalue weighted by Crippen LogP contribution is 2.28. The molecule has 2 fully saturated rings. The van der Waals surface area contributed by atoms with Crippen LogP contribution in [0, 0.1) is 17.8 Å². The number of likely N-dealkylation sites (tertiary alicyclic amines) is 1. The van der Waals surface area contributed by atoms with Crippen LogP contribution < -0.4 is 11.1 Å². The lowest BCUT2D eigenvalue weighted by Gasteiger charge is -2.38. The summed E-state index contributed by atoms with van der Waals surface area (Å²) < 4.78 is 0. The molecule has 0 bridgehead atoms. The van der Waals surface area contributed by atoms with Crippen LogP contribution in [0.1, 0.15) is 39.5 Å². The molecule has 1 aliphatic carbocycles. The van der Waals surface area contributed by atoms with Crippen molar-refractivity contribution in [2.75, 3.05) is 20.1 Å². The minimum Gasteiger partial charge on any atom is -0.353 e. The summed E-state index contributed by atoms with van der Waals surface area (Å²) in [5.41, 5.74) is 6.22. The summed E-state index contributed by atoms with van der Waals surface area (Å²) in [7, 11) is 2.15. The summed E-state index contributed by atoms with van der Waals surface area (Å²) in [5, 5.41) is 3.26. The molecule has 0 aromatic rings. The predicted molar refractivity (Wildman–Crippen MR) is 77.7 cm³/mol. The first-order chi connectivity index (χ1) is 8.99. The monoisotopic (exact) mass is 267 g/mol. The molecule has 4 heteroatoms. The highest BCUT2D eigenvalue weighted by atomic mass is 16.2. The van der Waals surface area contributed by atoms with Crippen molar-refractivity contribution in [1.82, 2.24) is 10.2 Å². The van der Waals surface area contributed by atoms with Crippen molar-refractivity contribution in [3.63, 3.8) is 0 Å². The van der Waals surface area contributed by atoms with Crippen molar-refractivity contribution < 1.29 is 4.79 Å². The van der Waals surface area contributed by atoms with E-state index in [1.807, 2.05) is 0 Å². The Morgan fingerprint density at radius 2 is 1.95 bits per heavy atom. The number of rotatable bonds is 2. The van der Waals surface area contributed by atoms with Crippen molar-refractivity contribution in [1.29, 1.82) is 0 Å². The van der Waals surface area contributed by atoms with Gasteiger partial charge in [-0.25, -0.2) is 0 Å². The Kier molecular flexibility index (Phi) is 4.85. The summed E-state index contributed by atoms with van der Waals surface area (Å²) in [6, 6.07) is 0.364. The van der Waals surface area contributed by atoms with Crippen molar-refractivity contribution in [2.45, 2.75) is 51.6 Å². The van der Waals surface area contributed by atoms with Gasteiger partial charge >= 0.3 is 0 Å². The van der Waals surface area contributed by atoms with Gasteiger partial charge in [0.1, 0.15) is 0 Å². The van der Waals surface area contributed by atoms with E-state index >= 15 is 0 Å². The van der Waals surface area contributed by atoms with Crippen LogP contribution in [-0.4, -0.2) is 43.0 Å². The number of amides is 1. The van der Waals surface area contributed by atoms with Gasteiger partial charge in [-0.15, -0.1) is 0 Å². The van der Waals surface area contributed by atoms with Gasteiger partial charge in [-0.1, -0.05) is 20.3 Å². The van der Waals surface area contributed by atoms with Gasteiger partial charge in [-0.3, -0.25) is 4.79 Å². The molecule has 19 heavy (non-hydrogen) atoms. The van der Waals surface area contributed by atoms with Crippen molar-refractivity contribution in [3.8, 4) is 0 Å². The molecule has 1 saturated carbocycles. The minimum absolute atomic E-state index is 0.0237. The molecule has 3 N–H and O–H groups in total. The van der Waals surface area contributed by atoms with Crippen LogP contribution in [0.15, 0.2) is 0 Å². The first-order valence-electron chi connectivity index (χ1n) is 7.73. The Labute approximate surface area is 117 Å². The van der Waals surface area contributed by atoms with E-state index in [-0.39, 0.29) is 17.9 Å². The number of carbonyl (C=O) groups excluding carboxylic acids is 1. The number of piperidine rings is 1. The lowest BCUT2D eigenvalue weighted by molar-refractivity contribution is -0.128. The normalized spacial score (nSPS) is 40.9. The van der Waals surface area contributed by atoms with Crippen LogP contribution >= 0.6 is 0 Å². The maximum absolute atomic E-state index is 12.4. The minimum atomic E-state index is 0.0237. The zero-order valence-electron chi connectivity index (χ0n) is 12.6. The second-order valence-corrected chi connectivity index (χ2v) is 6.74. The largest absolute Gasteiger partial charge is 0.353 e. The van der Waals surface area contributed by atoms with E-state index < -0.39 is 0 Å². The maximum Gasteiger partial charge on any atom is 0.224 e. The number of hydrogen-bond acceptors (Lipinski definition) is 3. The molecule has 0 aromatic heterocycles. The van der Waals surface area contributed by atoms with E-state index in [2.05, 4.69) is 31.1 Å². The zero-order chi connectivity index (χ0) is 14.0. The average Bonchev–Trinajstić information content (AvgIpc) is 2.36. The van der Waals surface area contributed by atoms with Crippen LogP contribution in [0.3, 0.4) is 0 Å². The number of nitrogens with two attached hydrogens (primary N) is 1. The Bertz CT molecular complexity index is 321. The van der Waals surface area contributed by atoms with Crippen LogP contribution in [0.4, 0.5) is 0 Å². The molecular formula is C15H29N3O. The third-order valence-electron chi connectivity index (χ3n) is 5.07. The van der Waals surface area contributed by atoms with Crippen molar-refractivity contribution in [3.05, 3.63) is 0 Å². The molecule has 4 nitrogen and oxygen atoms in total. The summed E-state index contributed by atoms with van der Waals surface area (Å²) >= 11 is 0. The van der Waals surface area contributed by atoms with Crippen LogP contribution in [-0.2, 0) is 4.79 Å². The Balaban J connectivity index is 1.90. The van der Waals surface area contributed by atoms with Crippen molar-refractivity contribution in [2.24, 2.45) is 23.5 Å². The standard InChI is InChI=1S/C15H29N3O/c1-10-5-4-6-12(14(10)16)15(19)17-13-7-8-18(3)9-11(13)2/h10-14H,4-9,16H2,1-3H3,(H,17,19). The molecular weight excluding hydrogens is 238 g/mol. The molecule has 5 unspecified atom stereocenters. The van der Waals surface area contributed by atoms with Gasteiger partial charge in [0.05, 0.1) is 5.92 Å². The number of hydrogen-bond donors (Lipinski definition) is 2. The molecule has 0 radical (unpaired) electrons. The van der Waals surface area contributed by atoms with Gasteiger partial charge in [0, 0.05) is 18.6 Å². The average molecular weight is 267 g/mol. The molecule has 1 heterocycles. The predicted octanol–water partition coefficient (Wildman–Crippen LogP) is 1.21. The maximum atomic E-state index is 12.4. The van der Waals surface area contributed by atoms with Gasteiger partial charge in [0.15, 0.2) is 0 Å². The fraction of sp³-hybridized carbons (Fsp3) is 0.933. The number of carbonyl (C=O) groups is 1. The lowest BCUT2D eigenvalue weighted by atomic mass is 9.77. The van der Waals surface area contributed by atoms with E-state index in [0.717, 1.165) is 38.8 Å². The molecule has 0 spiro atoms. The molecule has 0 aromatic carbocycles.